The van der Waals surface area contributed by atoms with Crippen molar-refractivity contribution < 1.29 is 0 Å². The van der Waals surface area contributed by atoms with Crippen molar-refractivity contribution in [2.45, 2.75) is 4.90 Å². The Morgan fingerprint density at radius 2 is 2.23 bits per heavy atom. The average Bonchev–Trinajstić information content (AvgIpc) is 2.46. The normalized spacial score (nSPS) is 10.9. The molecule has 2 aromatic rings. The summed E-state index contributed by atoms with van der Waals surface area (Å²) in [4.78, 5) is 1.30. The van der Waals surface area contributed by atoms with Crippen LogP contribution in [-0.2, 0) is 0 Å². The van der Waals surface area contributed by atoms with Crippen LogP contribution in [0.15, 0.2) is 22.4 Å². The minimum Gasteiger partial charge on any atom is -0.398 e. The van der Waals surface area contributed by atoms with Crippen LogP contribution >= 0.6 is 45.7 Å². The Hall–Kier alpha value is 0.0600. The van der Waals surface area contributed by atoms with Gasteiger partial charge in [-0.25, -0.2) is 0 Å². The topological polar surface area (TPSA) is 26.0 Å². The minimum absolute atomic E-state index is 0.895. The fourth-order valence-corrected chi connectivity index (χ4v) is 3.90. The van der Waals surface area contributed by atoms with Gasteiger partial charge in [0.25, 0.3) is 0 Å². The summed E-state index contributed by atoms with van der Waals surface area (Å²) in [6.07, 6.45) is 2.09. The van der Waals surface area contributed by atoms with E-state index in [1.54, 1.807) is 23.1 Å². The first-order valence-corrected chi connectivity index (χ1v) is 6.91. The fraction of sp³-hybridized carbons (Fsp3) is 0.111. The number of nitrogen functional groups attached to an aromatic ring is 1. The summed E-state index contributed by atoms with van der Waals surface area (Å²) in [5, 5.41) is 3.19. The van der Waals surface area contributed by atoms with Crippen LogP contribution in [0, 0.1) is 3.57 Å². The number of rotatable bonds is 1. The lowest BCUT2D eigenvalue weighted by Gasteiger charge is -2.00. The molecule has 0 atom stereocenters. The Balaban J connectivity index is 2.77. The first-order chi connectivity index (χ1) is 6.22. The molecule has 0 radical (unpaired) electrons. The lowest BCUT2D eigenvalue weighted by atomic mass is 10.2. The molecule has 1 aromatic carbocycles. The number of hydrogen-bond donors (Lipinski definition) is 1. The van der Waals surface area contributed by atoms with E-state index in [0.29, 0.717) is 0 Å². The Morgan fingerprint density at radius 1 is 1.46 bits per heavy atom. The number of fused-ring (bicyclic) bond motifs is 1. The van der Waals surface area contributed by atoms with Gasteiger partial charge in [0.1, 0.15) is 0 Å². The second-order valence-corrected chi connectivity index (χ2v) is 5.60. The van der Waals surface area contributed by atoms with Gasteiger partial charge >= 0.3 is 0 Å². The van der Waals surface area contributed by atoms with E-state index in [0.717, 1.165) is 5.69 Å². The van der Waals surface area contributed by atoms with Crippen LogP contribution in [0.1, 0.15) is 0 Å². The van der Waals surface area contributed by atoms with Crippen molar-refractivity contribution in [3.8, 4) is 0 Å². The number of anilines is 1. The van der Waals surface area contributed by atoms with Crippen molar-refractivity contribution >= 4 is 61.5 Å². The van der Waals surface area contributed by atoms with Crippen molar-refractivity contribution in [2.75, 3.05) is 12.0 Å². The molecule has 0 fully saturated rings. The number of hydrogen-bond acceptors (Lipinski definition) is 3. The van der Waals surface area contributed by atoms with Crippen LogP contribution in [-0.4, -0.2) is 6.26 Å². The summed E-state index contributed by atoms with van der Waals surface area (Å²) in [6.45, 7) is 0. The maximum Gasteiger partial charge on any atom is 0.0503 e. The molecule has 0 aliphatic carbocycles. The third-order valence-corrected chi connectivity index (χ3v) is 4.88. The molecule has 1 aromatic heterocycles. The van der Waals surface area contributed by atoms with E-state index in [2.05, 4.69) is 41.0 Å². The average molecular weight is 321 g/mol. The highest BCUT2D eigenvalue weighted by Crippen LogP contribution is 2.34. The summed E-state index contributed by atoms with van der Waals surface area (Å²) >= 11 is 5.83. The molecule has 0 saturated heterocycles. The molecule has 0 aliphatic heterocycles. The van der Waals surface area contributed by atoms with E-state index >= 15 is 0 Å². The molecule has 2 rings (SSSR count). The van der Waals surface area contributed by atoms with Crippen molar-refractivity contribution in [1.82, 2.24) is 0 Å². The van der Waals surface area contributed by atoms with Gasteiger partial charge in [0.05, 0.1) is 5.69 Å². The Kier molecular flexibility index (Phi) is 2.71. The van der Waals surface area contributed by atoms with Crippen LogP contribution in [0.5, 0.6) is 0 Å². The predicted molar refractivity (Wildman–Crippen MR) is 70.7 cm³/mol. The lowest BCUT2D eigenvalue weighted by Crippen LogP contribution is -1.82. The van der Waals surface area contributed by atoms with Crippen molar-refractivity contribution in [3.05, 3.63) is 21.1 Å². The molecule has 1 nitrogen and oxygen atoms in total. The second-order valence-electron chi connectivity index (χ2n) is 2.67. The fourth-order valence-electron chi connectivity index (χ4n) is 1.21. The molecular formula is C9H8INS2. The van der Waals surface area contributed by atoms with E-state index in [-0.39, 0.29) is 0 Å². The summed E-state index contributed by atoms with van der Waals surface area (Å²) in [5.41, 5.74) is 6.74. The van der Waals surface area contributed by atoms with Gasteiger partial charge in [-0.1, -0.05) is 0 Å². The number of halogens is 1. The molecule has 0 bridgehead atoms. The zero-order valence-electron chi connectivity index (χ0n) is 7.00. The van der Waals surface area contributed by atoms with Crippen LogP contribution in [0.25, 0.3) is 10.1 Å². The minimum atomic E-state index is 0.895. The van der Waals surface area contributed by atoms with E-state index < -0.39 is 0 Å². The molecule has 0 unspecified atom stereocenters. The highest BCUT2D eigenvalue weighted by Gasteiger charge is 2.05. The third-order valence-electron chi connectivity index (χ3n) is 1.88. The Bertz CT molecular complexity index is 450. The van der Waals surface area contributed by atoms with Gasteiger partial charge in [0.2, 0.25) is 0 Å². The van der Waals surface area contributed by atoms with Gasteiger partial charge in [0, 0.05) is 23.9 Å². The molecule has 2 N–H and O–H groups in total. The van der Waals surface area contributed by atoms with Crippen LogP contribution in [0.3, 0.4) is 0 Å². The van der Waals surface area contributed by atoms with Gasteiger partial charge < -0.3 is 5.73 Å². The standard InChI is InChI=1S/C9H8INS2/c1-12-9-2-5-7(11)4-13-8(5)3-6(9)10/h2-4H,11H2,1H3. The van der Waals surface area contributed by atoms with Crippen molar-refractivity contribution in [2.24, 2.45) is 0 Å². The zero-order valence-corrected chi connectivity index (χ0v) is 10.8. The molecule has 68 valence electrons. The molecule has 4 heteroatoms. The molecular weight excluding hydrogens is 313 g/mol. The van der Waals surface area contributed by atoms with E-state index in [4.69, 9.17) is 5.73 Å². The Morgan fingerprint density at radius 3 is 2.92 bits per heavy atom. The van der Waals surface area contributed by atoms with E-state index in [1.165, 1.54) is 18.6 Å². The number of thioether (sulfide) groups is 1. The monoisotopic (exact) mass is 321 g/mol. The van der Waals surface area contributed by atoms with Gasteiger partial charge in [-0.2, -0.15) is 0 Å². The van der Waals surface area contributed by atoms with Crippen molar-refractivity contribution in [1.29, 1.82) is 0 Å². The SMILES string of the molecule is CSc1cc2c(N)csc2cc1I. The van der Waals surface area contributed by atoms with Crippen LogP contribution in [0.4, 0.5) is 5.69 Å². The summed E-state index contributed by atoms with van der Waals surface area (Å²) in [6, 6.07) is 4.37. The summed E-state index contributed by atoms with van der Waals surface area (Å²) in [5.74, 6) is 0. The van der Waals surface area contributed by atoms with Crippen molar-refractivity contribution in [3.63, 3.8) is 0 Å². The molecule has 0 amide bonds. The maximum atomic E-state index is 5.85. The summed E-state index contributed by atoms with van der Waals surface area (Å²) < 4.78 is 2.58. The molecule has 0 spiro atoms. The third kappa shape index (κ3) is 1.67. The van der Waals surface area contributed by atoms with Crippen LogP contribution in [0.2, 0.25) is 0 Å². The summed E-state index contributed by atoms with van der Waals surface area (Å²) in [7, 11) is 0. The number of benzene rings is 1. The number of nitrogens with two attached hydrogens (primary N) is 1. The van der Waals surface area contributed by atoms with E-state index in [9.17, 15) is 0 Å². The highest BCUT2D eigenvalue weighted by molar-refractivity contribution is 14.1. The van der Waals surface area contributed by atoms with Gasteiger partial charge in [-0.3, -0.25) is 0 Å². The zero-order chi connectivity index (χ0) is 9.42. The lowest BCUT2D eigenvalue weighted by molar-refractivity contribution is 1.46. The molecule has 0 saturated carbocycles. The van der Waals surface area contributed by atoms with Gasteiger partial charge in [-0.15, -0.1) is 23.1 Å². The van der Waals surface area contributed by atoms with E-state index in [1.807, 2.05) is 5.38 Å². The quantitative estimate of drug-likeness (QED) is 0.638. The molecule has 13 heavy (non-hydrogen) atoms. The maximum absolute atomic E-state index is 5.85. The van der Waals surface area contributed by atoms with Crippen LogP contribution < -0.4 is 5.73 Å². The van der Waals surface area contributed by atoms with Gasteiger partial charge in [-0.05, 0) is 41.0 Å². The van der Waals surface area contributed by atoms with Gasteiger partial charge in [0.15, 0.2) is 0 Å². The number of thiophene rings is 1. The molecule has 0 aliphatic rings. The molecule has 1 heterocycles. The Labute approximate surface area is 98.8 Å². The largest absolute Gasteiger partial charge is 0.398 e. The predicted octanol–water partition coefficient (Wildman–Crippen LogP) is 3.81. The first-order valence-electron chi connectivity index (χ1n) is 3.72. The highest BCUT2D eigenvalue weighted by atomic mass is 127. The first kappa shape index (κ1) is 9.61. The smallest absolute Gasteiger partial charge is 0.0503 e. The second kappa shape index (κ2) is 3.67.